The number of halogens is 2. The van der Waals surface area contributed by atoms with Crippen LogP contribution in [0.2, 0.25) is 0 Å². The third-order valence-corrected chi connectivity index (χ3v) is 3.55. The van der Waals surface area contributed by atoms with E-state index >= 15 is 0 Å². The van der Waals surface area contributed by atoms with E-state index < -0.39 is 0 Å². The van der Waals surface area contributed by atoms with E-state index in [1.54, 1.807) is 0 Å². The van der Waals surface area contributed by atoms with Crippen LogP contribution in [0.25, 0.3) is 6.08 Å². The van der Waals surface area contributed by atoms with Crippen molar-refractivity contribution in [3.05, 3.63) is 39.9 Å². The van der Waals surface area contributed by atoms with Crippen molar-refractivity contribution in [2.24, 2.45) is 0 Å². The van der Waals surface area contributed by atoms with E-state index in [0.717, 1.165) is 30.5 Å². The first-order valence-corrected chi connectivity index (χ1v) is 6.80. The largest absolute Gasteiger partial charge is 0.299 e. The van der Waals surface area contributed by atoms with Crippen molar-refractivity contribution in [2.45, 2.75) is 12.8 Å². The lowest BCUT2D eigenvalue weighted by Gasteiger charge is -2.12. The van der Waals surface area contributed by atoms with Gasteiger partial charge in [0.1, 0.15) is 0 Å². The van der Waals surface area contributed by atoms with Crippen LogP contribution < -0.4 is 0 Å². The summed E-state index contributed by atoms with van der Waals surface area (Å²) in [4.78, 5) is 2.32. The second-order valence-corrected chi connectivity index (χ2v) is 5.34. The van der Waals surface area contributed by atoms with E-state index in [1.165, 1.54) is 11.1 Å². The van der Waals surface area contributed by atoms with E-state index in [1.807, 2.05) is 0 Å². The summed E-state index contributed by atoms with van der Waals surface area (Å²) in [6.07, 6.45) is 4.02. The topological polar surface area (TPSA) is 3.24 Å². The predicted molar refractivity (Wildman–Crippen MR) is 73.8 cm³/mol. The van der Waals surface area contributed by atoms with Gasteiger partial charge in [-0.05, 0) is 30.5 Å². The van der Waals surface area contributed by atoms with Crippen molar-refractivity contribution in [3.63, 3.8) is 0 Å². The van der Waals surface area contributed by atoms with Gasteiger partial charge >= 0.3 is 0 Å². The van der Waals surface area contributed by atoms with Gasteiger partial charge < -0.3 is 0 Å². The summed E-state index contributed by atoms with van der Waals surface area (Å²) in [7, 11) is 0. The zero-order valence-corrected chi connectivity index (χ0v) is 11.4. The molecule has 0 N–H and O–H groups in total. The maximum absolute atomic E-state index is 12.1. The molecule has 1 heterocycles. The van der Waals surface area contributed by atoms with Crippen molar-refractivity contribution >= 4 is 22.0 Å². The van der Waals surface area contributed by atoms with Gasteiger partial charge in [-0.15, -0.1) is 0 Å². The molecule has 1 aliphatic rings. The summed E-state index contributed by atoms with van der Waals surface area (Å²) in [6.45, 7) is 2.74. The molecule has 0 radical (unpaired) electrons. The first-order chi connectivity index (χ1) is 8.28. The number of nitrogens with zero attached hydrogens (tertiary/aromatic N) is 1. The average Bonchev–Trinajstić information content (AvgIpc) is 2.77. The van der Waals surface area contributed by atoms with E-state index in [2.05, 4.69) is 51.2 Å². The third kappa shape index (κ3) is 3.93. The minimum absolute atomic E-state index is 0.206. The van der Waals surface area contributed by atoms with Crippen molar-refractivity contribution in [2.75, 3.05) is 26.3 Å². The van der Waals surface area contributed by atoms with Crippen LogP contribution in [0.15, 0.2) is 34.3 Å². The third-order valence-electron chi connectivity index (χ3n) is 3.02. The summed E-state index contributed by atoms with van der Waals surface area (Å²) in [5, 5.41) is 0. The molecule has 0 aromatic heterocycles. The van der Waals surface area contributed by atoms with Gasteiger partial charge in [0.25, 0.3) is 0 Å². The lowest BCUT2D eigenvalue weighted by atomic mass is 10.1. The van der Waals surface area contributed by atoms with Crippen LogP contribution in [-0.2, 0) is 0 Å². The van der Waals surface area contributed by atoms with Crippen LogP contribution in [0.5, 0.6) is 0 Å². The van der Waals surface area contributed by atoms with Gasteiger partial charge in [-0.25, -0.2) is 0 Å². The Morgan fingerprint density at radius 3 is 2.76 bits per heavy atom. The Balaban J connectivity index is 1.93. The monoisotopic (exact) mass is 297 g/mol. The number of hydrogen-bond donors (Lipinski definition) is 0. The Labute approximate surface area is 110 Å². The highest BCUT2D eigenvalue weighted by Gasteiger charge is 2.15. The van der Waals surface area contributed by atoms with Gasteiger partial charge in [-0.3, -0.25) is 9.29 Å². The van der Waals surface area contributed by atoms with Crippen molar-refractivity contribution in [3.8, 4) is 0 Å². The summed E-state index contributed by atoms with van der Waals surface area (Å²) < 4.78 is 13.2. The molecule has 1 aromatic carbocycles. The molecule has 1 aliphatic heterocycles. The molecule has 3 heteroatoms. The smallest absolute Gasteiger partial charge is 0.0906 e. The summed E-state index contributed by atoms with van der Waals surface area (Å²) >= 11 is 3.43. The second kappa shape index (κ2) is 6.31. The lowest BCUT2D eigenvalue weighted by molar-refractivity contribution is 0.317. The number of hydrogen-bond acceptors (Lipinski definition) is 1. The van der Waals surface area contributed by atoms with Crippen molar-refractivity contribution < 1.29 is 4.39 Å². The first-order valence-electron chi connectivity index (χ1n) is 6.01. The highest BCUT2D eigenvalue weighted by molar-refractivity contribution is 9.10. The summed E-state index contributed by atoms with van der Waals surface area (Å²) in [5.74, 6) is 0. The highest BCUT2D eigenvalue weighted by atomic mass is 79.9. The fraction of sp³-hybridized carbons (Fsp3) is 0.429. The number of benzene rings is 1. The Morgan fingerprint density at radius 1 is 1.29 bits per heavy atom. The fourth-order valence-electron chi connectivity index (χ4n) is 2.13. The molecule has 2 rings (SSSR count). The predicted octanol–water partition coefficient (Wildman–Crippen LogP) is 3.90. The quantitative estimate of drug-likeness (QED) is 0.815. The molecule has 1 nitrogen and oxygen atoms in total. The van der Waals surface area contributed by atoms with Crippen LogP contribution in [0.1, 0.15) is 18.4 Å². The molecule has 17 heavy (non-hydrogen) atoms. The van der Waals surface area contributed by atoms with E-state index in [4.69, 9.17) is 0 Å². The summed E-state index contributed by atoms with van der Waals surface area (Å²) in [6, 6.07) is 8.34. The van der Waals surface area contributed by atoms with Crippen molar-refractivity contribution in [1.82, 2.24) is 4.90 Å². The number of alkyl halides is 1. The Morgan fingerprint density at radius 2 is 2.06 bits per heavy atom. The molecule has 0 unspecified atom stereocenters. The fourth-order valence-corrected chi connectivity index (χ4v) is 2.40. The molecule has 0 amide bonds. The second-order valence-electron chi connectivity index (χ2n) is 4.42. The molecular formula is C14H17BrFN. The Hall–Kier alpha value is -0.670. The highest BCUT2D eigenvalue weighted by Crippen LogP contribution is 2.19. The lowest BCUT2D eigenvalue weighted by Crippen LogP contribution is -2.20. The average molecular weight is 298 g/mol. The van der Waals surface area contributed by atoms with Gasteiger partial charge in [0.2, 0.25) is 0 Å². The molecule has 1 fully saturated rings. The zero-order valence-electron chi connectivity index (χ0n) is 9.83. The first kappa shape index (κ1) is 12.8. The molecule has 0 bridgehead atoms. The van der Waals surface area contributed by atoms with Crippen LogP contribution in [0.4, 0.5) is 4.39 Å². The molecular weight excluding hydrogens is 281 g/mol. The number of likely N-dealkylation sites (tertiary alicyclic amines) is 1. The van der Waals surface area contributed by atoms with Crippen LogP contribution in [0.3, 0.4) is 0 Å². The molecule has 0 aliphatic carbocycles. The van der Waals surface area contributed by atoms with Gasteiger partial charge in [-0.2, -0.15) is 0 Å². The normalized spacial score (nSPS) is 19.1. The van der Waals surface area contributed by atoms with Crippen LogP contribution >= 0.6 is 15.9 Å². The van der Waals surface area contributed by atoms with Gasteiger partial charge in [-0.1, -0.05) is 39.7 Å². The van der Waals surface area contributed by atoms with Crippen molar-refractivity contribution in [1.29, 1.82) is 0 Å². The maximum Gasteiger partial charge on any atom is 0.0906 e. The molecule has 92 valence electrons. The number of rotatable bonds is 4. The van der Waals surface area contributed by atoms with Gasteiger partial charge in [0, 0.05) is 24.1 Å². The zero-order chi connectivity index (χ0) is 12.1. The summed E-state index contributed by atoms with van der Waals surface area (Å²) in [5.41, 5.74) is 2.70. The minimum Gasteiger partial charge on any atom is -0.299 e. The SMILES string of the molecule is FCCCN1CC/C(=C/c2ccc(Br)cc2)C1. The molecule has 1 aromatic rings. The standard InChI is InChI=1S/C14H17BrFN/c15-14-4-2-12(3-5-14)10-13-6-9-17(11-13)8-1-7-16/h2-5,10H,1,6-9,11H2/b13-10-. The van der Waals surface area contributed by atoms with Crippen LogP contribution in [-0.4, -0.2) is 31.2 Å². The molecule has 0 spiro atoms. The van der Waals surface area contributed by atoms with Gasteiger partial charge in [0.15, 0.2) is 0 Å². The van der Waals surface area contributed by atoms with Gasteiger partial charge in [0.05, 0.1) is 6.67 Å². The van der Waals surface area contributed by atoms with E-state index in [-0.39, 0.29) is 6.67 Å². The van der Waals surface area contributed by atoms with Crippen LogP contribution in [0, 0.1) is 0 Å². The Bertz CT molecular complexity index is 386. The molecule has 0 saturated carbocycles. The Kier molecular flexibility index (Phi) is 4.75. The van der Waals surface area contributed by atoms with E-state index in [0.29, 0.717) is 6.42 Å². The maximum atomic E-state index is 12.1. The minimum atomic E-state index is -0.206. The molecule has 0 atom stereocenters. The van der Waals surface area contributed by atoms with E-state index in [9.17, 15) is 4.39 Å². The molecule has 1 saturated heterocycles.